The number of carbonyl (C=O) groups is 1. The van der Waals surface area contributed by atoms with Gasteiger partial charge in [0.1, 0.15) is 11.0 Å². The highest BCUT2D eigenvalue weighted by molar-refractivity contribution is 7.99. The van der Waals surface area contributed by atoms with Crippen LogP contribution in [0.1, 0.15) is 36.4 Å². The van der Waals surface area contributed by atoms with Crippen LogP contribution in [-0.4, -0.2) is 34.7 Å². The highest BCUT2D eigenvalue weighted by atomic mass is 35.5. The number of nitrogens with one attached hydrogen (secondary N) is 1. The number of benzene rings is 2. The monoisotopic (exact) mass is 466 g/mol. The predicted molar refractivity (Wildman–Crippen MR) is 131 cm³/mol. The number of piperidine rings is 1. The van der Waals surface area contributed by atoms with E-state index in [9.17, 15) is 4.79 Å². The summed E-state index contributed by atoms with van der Waals surface area (Å²) in [6.07, 6.45) is 4.31. The third-order valence-electron chi connectivity index (χ3n) is 5.49. The number of rotatable bonds is 8. The number of hydrogen-bond acceptors (Lipinski definition) is 5. The van der Waals surface area contributed by atoms with Gasteiger partial charge in [0.25, 0.3) is 0 Å². The van der Waals surface area contributed by atoms with Crippen molar-refractivity contribution in [2.45, 2.75) is 36.9 Å². The van der Waals surface area contributed by atoms with Crippen molar-refractivity contribution in [2.24, 2.45) is 0 Å². The lowest BCUT2D eigenvalue weighted by atomic mass is 9.99. The van der Waals surface area contributed by atoms with Crippen molar-refractivity contribution in [3.63, 3.8) is 0 Å². The van der Waals surface area contributed by atoms with E-state index in [1.807, 2.05) is 54.6 Å². The van der Waals surface area contributed by atoms with Gasteiger partial charge in [-0.15, -0.1) is 0 Å². The van der Waals surface area contributed by atoms with Gasteiger partial charge in [0.2, 0.25) is 5.91 Å². The van der Waals surface area contributed by atoms with Crippen molar-refractivity contribution < 1.29 is 4.79 Å². The molecule has 1 saturated heterocycles. The molecule has 0 saturated carbocycles. The molecule has 1 atom stereocenters. The first kappa shape index (κ1) is 22.6. The van der Waals surface area contributed by atoms with Crippen LogP contribution in [0.5, 0.6) is 0 Å². The van der Waals surface area contributed by atoms with Crippen molar-refractivity contribution in [2.75, 3.05) is 23.7 Å². The van der Waals surface area contributed by atoms with Crippen molar-refractivity contribution in [3.8, 4) is 0 Å². The Balaban J connectivity index is 1.40. The molecule has 166 valence electrons. The molecule has 0 spiro atoms. The van der Waals surface area contributed by atoms with Crippen molar-refractivity contribution in [1.29, 1.82) is 0 Å². The zero-order valence-electron chi connectivity index (χ0n) is 17.9. The number of hydrogen-bond donors (Lipinski definition) is 1. The van der Waals surface area contributed by atoms with Gasteiger partial charge in [0.15, 0.2) is 5.16 Å². The van der Waals surface area contributed by atoms with Crippen LogP contribution >= 0.6 is 23.4 Å². The molecule has 4 rings (SSSR count). The van der Waals surface area contributed by atoms with Crippen LogP contribution < -0.4 is 10.2 Å². The molecule has 7 heteroatoms. The molecule has 1 fully saturated rings. The Morgan fingerprint density at radius 2 is 1.69 bits per heavy atom. The van der Waals surface area contributed by atoms with Gasteiger partial charge in [-0.1, -0.05) is 84.0 Å². The van der Waals surface area contributed by atoms with Gasteiger partial charge < -0.3 is 10.2 Å². The van der Waals surface area contributed by atoms with Crippen LogP contribution in [0.2, 0.25) is 5.15 Å². The molecule has 5 nitrogen and oxygen atoms in total. The third kappa shape index (κ3) is 6.47. The average molecular weight is 467 g/mol. The first-order valence-electron chi connectivity index (χ1n) is 11.0. The maximum Gasteiger partial charge on any atom is 0.230 e. The Hall–Kier alpha value is -2.57. The Morgan fingerprint density at radius 3 is 2.41 bits per heavy atom. The highest BCUT2D eigenvalue weighted by Crippen LogP contribution is 2.25. The van der Waals surface area contributed by atoms with Crippen LogP contribution in [0, 0.1) is 0 Å². The van der Waals surface area contributed by atoms with Crippen LogP contribution in [0.3, 0.4) is 0 Å². The quantitative estimate of drug-likeness (QED) is 0.277. The summed E-state index contributed by atoms with van der Waals surface area (Å²) in [5.74, 6) is 1.03. The number of nitrogens with zero attached hydrogens (tertiary/aromatic N) is 3. The van der Waals surface area contributed by atoms with Gasteiger partial charge in [-0.3, -0.25) is 4.79 Å². The van der Waals surface area contributed by atoms with E-state index in [4.69, 9.17) is 11.6 Å². The van der Waals surface area contributed by atoms with Gasteiger partial charge in [-0.25, -0.2) is 9.97 Å². The second-order valence-corrected chi connectivity index (χ2v) is 9.22. The molecule has 3 aromatic rings. The fraction of sp³-hybridized carbons (Fsp3) is 0.320. The largest absolute Gasteiger partial charge is 0.356 e. The second kappa shape index (κ2) is 11.3. The van der Waals surface area contributed by atoms with Gasteiger partial charge in [0, 0.05) is 19.2 Å². The van der Waals surface area contributed by atoms with Gasteiger partial charge >= 0.3 is 0 Å². The van der Waals surface area contributed by atoms with E-state index in [-0.39, 0.29) is 17.7 Å². The summed E-state index contributed by atoms with van der Waals surface area (Å²) in [6.45, 7) is 1.96. The SMILES string of the molecule is O=C(CSc1nc(Cl)cc(N2CCCCC2)n1)NC(Cc1ccccc1)c1ccccc1. The highest BCUT2D eigenvalue weighted by Gasteiger charge is 2.18. The van der Waals surface area contributed by atoms with E-state index in [2.05, 4.69) is 32.3 Å². The zero-order chi connectivity index (χ0) is 22.2. The molecule has 32 heavy (non-hydrogen) atoms. The molecule has 1 aliphatic heterocycles. The molecule has 0 aliphatic carbocycles. The second-order valence-electron chi connectivity index (χ2n) is 7.89. The predicted octanol–water partition coefficient (Wildman–Crippen LogP) is 5.31. The molecular formula is C25H27ClN4OS. The minimum atomic E-state index is -0.101. The van der Waals surface area contributed by atoms with Crippen molar-refractivity contribution in [1.82, 2.24) is 15.3 Å². The van der Waals surface area contributed by atoms with E-state index >= 15 is 0 Å². The van der Waals surface area contributed by atoms with Gasteiger partial charge in [-0.2, -0.15) is 0 Å². The fourth-order valence-electron chi connectivity index (χ4n) is 3.89. The Morgan fingerprint density at radius 1 is 1.00 bits per heavy atom. The summed E-state index contributed by atoms with van der Waals surface area (Å²) in [7, 11) is 0. The van der Waals surface area contributed by atoms with E-state index in [1.165, 1.54) is 23.7 Å². The van der Waals surface area contributed by atoms with Gasteiger partial charge in [0.05, 0.1) is 11.8 Å². The molecule has 1 unspecified atom stereocenters. The zero-order valence-corrected chi connectivity index (χ0v) is 19.5. The molecule has 0 radical (unpaired) electrons. The maximum absolute atomic E-state index is 12.8. The fourth-order valence-corrected chi connectivity index (χ4v) is 4.78. The summed E-state index contributed by atoms with van der Waals surface area (Å²) in [5.41, 5.74) is 2.26. The Kier molecular flexibility index (Phi) is 8.02. The van der Waals surface area contributed by atoms with Crippen LogP contribution in [0.15, 0.2) is 71.9 Å². The minimum absolute atomic E-state index is 0.0529. The summed E-state index contributed by atoms with van der Waals surface area (Å²) in [4.78, 5) is 24.0. The summed E-state index contributed by atoms with van der Waals surface area (Å²) < 4.78 is 0. The number of thioether (sulfide) groups is 1. The van der Waals surface area contributed by atoms with Crippen LogP contribution in [0.25, 0.3) is 0 Å². The molecular weight excluding hydrogens is 440 g/mol. The van der Waals surface area contributed by atoms with Crippen LogP contribution in [-0.2, 0) is 11.2 Å². The summed E-state index contributed by atoms with van der Waals surface area (Å²) in [5, 5.41) is 4.13. The smallest absolute Gasteiger partial charge is 0.230 e. The molecule has 1 aliphatic rings. The number of carbonyl (C=O) groups excluding carboxylic acids is 1. The minimum Gasteiger partial charge on any atom is -0.356 e. The number of anilines is 1. The molecule has 0 bridgehead atoms. The number of aromatic nitrogens is 2. The lowest BCUT2D eigenvalue weighted by molar-refractivity contribution is -0.119. The first-order valence-corrected chi connectivity index (χ1v) is 12.3. The molecule has 1 aromatic heterocycles. The third-order valence-corrected chi connectivity index (χ3v) is 6.53. The Labute approximate surface area is 198 Å². The summed E-state index contributed by atoms with van der Waals surface area (Å²) in [6, 6.07) is 22.0. The maximum atomic E-state index is 12.8. The number of amides is 1. The molecule has 2 aromatic carbocycles. The van der Waals surface area contributed by atoms with Crippen molar-refractivity contribution in [3.05, 3.63) is 83.0 Å². The van der Waals surface area contributed by atoms with Gasteiger partial charge in [-0.05, 0) is 36.8 Å². The first-order chi connectivity index (χ1) is 15.7. The lowest BCUT2D eigenvalue weighted by Gasteiger charge is -2.27. The van der Waals surface area contributed by atoms with Crippen molar-refractivity contribution >= 4 is 35.1 Å². The standard InChI is InChI=1S/C25H27ClN4OS/c26-22-17-23(30-14-8-3-9-15-30)29-25(28-22)32-18-24(31)27-21(20-12-6-2-7-13-20)16-19-10-4-1-5-11-19/h1-2,4-7,10-13,17,21H,3,8-9,14-16,18H2,(H,27,31). The molecule has 1 N–H and O–H groups in total. The summed E-state index contributed by atoms with van der Waals surface area (Å²) >= 11 is 7.57. The van der Waals surface area contributed by atoms with E-state index < -0.39 is 0 Å². The van der Waals surface area contributed by atoms with E-state index in [0.717, 1.165) is 43.7 Å². The topological polar surface area (TPSA) is 58.1 Å². The number of halogens is 1. The lowest BCUT2D eigenvalue weighted by Crippen LogP contribution is -2.31. The molecule has 1 amide bonds. The Bertz CT molecular complexity index is 1010. The van der Waals surface area contributed by atoms with E-state index in [1.54, 1.807) is 0 Å². The normalized spacial score (nSPS) is 14.7. The van der Waals surface area contributed by atoms with Crippen LogP contribution in [0.4, 0.5) is 5.82 Å². The van der Waals surface area contributed by atoms with E-state index in [0.29, 0.717) is 10.3 Å². The molecule has 2 heterocycles. The average Bonchev–Trinajstić information content (AvgIpc) is 2.84.